The van der Waals surface area contributed by atoms with Crippen LogP contribution in [0.5, 0.6) is 0 Å². The summed E-state index contributed by atoms with van der Waals surface area (Å²) in [6.45, 7) is 0. The first-order chi connectivity index (χ1) is 12.2. The summed E-state index contributed by atoms with van der Waals surface area (Å²) in [5, 5.41) is 4.37. The number of fused-ring (bicyclic) bond motifs is 2. The van der Waals surface area contributed by atoms with Gasteiger partial charge in [-0.15, -0.1) is 0 Å². The SMILES string of the molecule is O=C(CCC(=O)N1C2CCC1CC(n1cccn1)C2)c1ccccc1. The Hall–Kier alpha value is -2.43. The molecule has 2 aliphatic heterocycles. The van der Waals surface area contributed by atoms with E-state index in [9.17, 15) is 9.59 Å². The summed E-state index contributed by atoms with van der Waals surface area (Å²) in [4.78, 5) is 27.0. The summed E-state index contributed by atoms with van der Waals surface area (Å²) in [7, 11) is 0. The highest BCUT2D eigenvalue weighted by Crippen LogP contribution is 2.40. The number of carbonyl (C=O) groups excluding carboxylic acids is 2. The molecule has 1 aromatic heterocycles. The fourth-order valence-electron chi connectivity index (χ4n) is 4.39. The third kappa shape index (κ3) is 3.23. The molecule has 0 N–H and O–H groups in total. The van der Waals surface area contributed by atoms with Crippen molar-refractivity contribution in [3.8, 4) is 0 Å². The number of nitrogens with zero attached hydrogens (tertiary/aromatic N) is 3. The number of hydrogen-bond acceptors (Lipinski definition) is 3. The number of aromatic nitrogens is 2. The number of hydrogen-bond donors (Lipinski definition) is 0. The molecular formula is C20H23N3O2. The topological polar surface area (TPSA) is 55.2 Å². The zero-order valence-electron chi connectivity index (χ0n) is 14.3. The molecule has 1 amide bonds. The predicted molar refractivity (Wildman–Crippen MR) is 94.2 cm³/mol. The standard InChI is InChI=1S/C20H23N3O2/c24-19(15-5-2-1-3-6-15)9-10-20(25)23-16-7-8-17(23)14-18(13-16)22-12-4-11-21-22/h1-6,11-12,16-18H,7-10,13-14H2. The lowest BCUT2D eigenvalue weighted by Crippen LogP contribution is -2.47. The van der Waals surface area contributed by atoms with Crippen molar-refractivity contribution in [1.82, 2.24) is 14.7 Å². The van der Waals surface area contributed by atoms with Crippen LogP contribution < -0.4 is 0 Å². The Morgan fingerprint density at radius 3 is 2.32 bits per heavy atom. The molecule has 2 aromatic rings. The number of benzene rings is 1. The molecule has 0 radical (unpaired) electrons. The largest absolute Gasteiger partial charge is 0.337 e. The van der Waals surface area contributed by atoms with Crippen LogP contribution in [0.3, 0.4) is 0 Å². The van der Waals surface area contributed by atoms with E-state index in [0.29, 0.717) is 36.5 Å². The smallest absolute Gasteiger partial charge is 0.223 e. The molecule has 0 aliphatic carbocycles. The fourth-order valence-corrected chi connectivity index (χ4v) is 4.39. The molecule has 0 saturated carbocycles. The molecule has 25 heavy (non-hydrogen) atoms. The van der Waals surface area contributed by atoms with Gasteiger partial charge in [-0.3, -0.25) is 14.3 Å². The van der Waals surface area contributed by atoms with Crippen LogP contribution in [-0.4, -0.2) is 38.5 Å². The van der Waals surface area contributed by atoms with Gasteiger partial charge in [0.25, 0.3) is 0 Å². The van der Waals surface area contributed by atoms with Crippen LogP contribution in [0.4, 0.5) is 0 Å². The Morgan fingerprint density at radius 2 is 1.68 bits per heavy atom. The maximum Gasteiger partial charge on any atom is 0.223 e. The van der Waals surface area contributed by atoms with E-state index in [1.807, 2.05) is 53.5 Å². The monoisotopic (exact) mass is 337 g/mol. The third-order valence-electron chi connectivity index (χ3n) is 5.56. The maximum atomic E-state index is 12.7. The maximum absolute atomic E-state index is 12.7. The molecule has 0 spiro atoms. The van der Waals surface area contributed by atoms with E-state index in [2.05, 4.69) is 10.00 Å². The molecule has 2 saturated heterocycles. The van der Waals surface area contributed by atoms with E-state index in [1.54, 1.807) is 0 Å². The summed E-state index contributed by atoms with van der Waals surface area (Å²) >= 11 is 0. The Bertz CT molecular complexity index is 728. The van der Waals surface area contributed by atoms with Gasteiger partial charge >= 0.3 is 0 Å². The highest BCUT2D eigenvalue weighted by Gasteiger charge is 2.43. The summed E-state index contributed by atoms with van der Waals surface area (Å²) in [5.41, 5.74) is 0.690. The molecule has 4 rings (SSSR count). The number of Topliss-reactive ketones (excluding diaryl/α,β-unsaturated/α-hetero) is 1. The molecule has 2 fully saturated rings. The van der Waals surface area contributed by atoms with Gasteiger partial charge in [0, 0.05) is 42.9 Å². The summed E-state index contributed by atoms with van der Waals surface area (Å²) in [6.07, 6.45) is 8.51. The molecule has 2 unspecified atom stereocenters. The normalized spacial score (nSPS) is 25.1. The Kier molecular flexibility index (Phi) is 4.38. The van der Waals surface area contributed by atoms with Gasteiger partial charge in [-0.2, -0.15) is 5.10 Å². The lowest BCUT2D eigenvalue weighted by molar-refractivity contribution is -0.136. The van der Waals surface area contributed by atoms with Gasteiger partial charge in [-0.1, -0.05) is 30.3 Å². The lowest BCUT2D eigenvalue weighted by Gasteiger charge is -2.39. The van der Waals surface area contributed by atoms with Gasteiger partial charge in [0.2, 0.25) is 5.91 Å². The van der Waals surface area contributed by atoms with Crippen LogP contribution in [0.25, 0.3) is 0 Å². The molecule has 5 nitrogen and oxygen atoms in total. The van der Waals surface area contributed by atoms with Crippen LogP contribution in [-0.2, 0) is 4.79 Å². The van der Waals surface area contributed by atoms with Gasteiger partial charge in [0.1, 0.15) is 0 Å². The van der Waals surface area contributed by atoms with Crippen molar-refractivity contribution in [1.29, 1.82) is 0 Å². The Morgan fingerprint density at radius 1 is 0.960 bits per heavy atom. The minimum Gasteiger partial charge on any atom is -0.337 e. The number of rotatable bonds is 5. The van der Waals surface area contributed by atoms with Crippen molar-refractivity contribution < 1.29 is 9.59 Å². The zero-order chi connectivity index (χ0) is 17.2. The molecule has 2 aliphatic rings. The molecular weight excluding hydrogens is 314 g/mol. The van der Waals surface area contributed by atoms with E-state index < -0.39 is 0 Å². The van der Waals surface area contributed by atoms with E-state index in [4.69, 9.17) is 0 Å². The van der Waals surface area contributed by atoms with Crippen molar-refractivity contribution in [2.45, 2.75) is 56.7 Å². The number of carbonyl (C=O) groups is 2. The minimum absolute atomic E-state index is 0.0488. The molecule has 3 heterocycles. The average Bonchev–Trinajstić information content (AvgIpc) is 3.27. The first-order valence-corrected chi connectivity index (χ1v) is 9.11. The first kappa shape index (κ1) is 16.1. The number of ketones is 1. The Labute approximate surface area is 147 Å². The van der Waals surface area contributed by atoms with Crippen LogP contribution in [0.2, 0.25) is 0 Å². The van der Waals surface area contributed by atoms with Gasteiger partial charge < -0.3 is 4.90 Å². The molecule has 2 bridgehead atoms. The van der Waals surface area contributed by atoms with E-state index in [-0.39, 0.29) is 11.7 Å². The van der Waals surface area contributed by atoms with Crippen LogP contribution in [0.15, 0.2) is 48.8 Å². The van der Waals surface area contributed by atoms with Crippen molar-refractivity contribution in [2.24, 2.45) is 0 Å². The minimum atomic E-state index is 0.0488. The summed E-state index contributed by atoms with van der Waals surface area (Å²) < 4.78 is 2.03. The van der Waals surface area contributed by atoms with E-state index >= 15 is 0 Å². The van der Waals surface area contributed by atoms with Crippen molar-refractivity contribution in [3.63, 3.8) is 0 Å². The highest BCUT2D eigenvalue weighted by atomic mass is 16.2. The van der Waals surface area contributed by atoms with Gasteiger partial charge in [0.15, 0.2) is 5.78 Å². The predicted octanol–water partition coefficient (Wildman–Crippen LogP) is 3.24. The van der Waals surface area contributed by atoms with Gasteiger partial charge in [-0.25, -0.2) is 0 Å². The van der Waals surface area contributed by atoms with Crippen LogP contribution >= 0.6 is 0 Å². The molecule has 130 valence electrons. The van der Waals surface area contributed by atoms with Gasteiger partial charge in [-0.05, 0) is 31.7 Å². The summed E-state index contributed by atoms with van der Waals surface area (Å²) in [6, 6.07) is 12.2. The highest BCUT2D eigenvalue weighted by molar-refractivity contribution is 5.98. The quantitative estimate of drug-likeness (QED) is 0.787. The van der Waals surface area contributed by atoms with Crippen molar-refractivity contribution >= 4 is 11.7 Å². The molecule has 2 atom stereocenters. The Balaban J connectivity index is 1.36. The molecule has 1 aromatic carbocycles. The number of amides is 1. The third-order valence-corrected chi connectivity index (χ3v) is 5.56. The summed E-state index contributed by atoms with van der Waals surface area (Å²) in [5.74, 6) is 0.184. The molecule has 5 heteroatoms. The van der Waals surface area contributed by atoms with Crippen LogP contribution in [0, 0.1) is 0 Å². The van der Waals surface area contributed by atoms with E-state index in [0.717, 1.165) is 25.7 Å². The second kappa shape index (κ2) is 6.82. The average molecular weight is 337 g/mol. The van der Waals surface area contributed by atoms with Crippen molar-refractivity contribution in [2.75, 3.05) is 0 Å². The second-order valence-electron chi connectivity index (χ2n) is 7.09. The fraction of sp³-hybridized carbons (Fsp3) is 0.450. The first-order valence-electron chi connectivity index (χ1n) is 9.11. The number of piperidine rings is 1. The lowest BCUT2D eigenvalue weighted by atomic mass is 9.96. The van der Waals surface area contributed by atoms with Crippen LogP contribution in [0.1, 0.15) is 54.9 Å². The van der Waals surface area contributed by atoms with Crippen molar-refractivity contribution in [3.05, 3.63) is 54.4 Å². The van der Waals surface area contributed by atoms with Gasteiger partial charge in [0.05, 0.1) is 6.04 Å². The zero-order valence-corrected chi connectivity index (χ0v) is 14.3. The van der Waals surface area contributed by atoms with E-state index in [1.165, 1.54) is 0 Å². The second-order valence-corrected chi connectivity index (χ2v) is 7.09.